The molecule has 0 aliphatic heterocycles. The number of halogens is 1. The largest absolute Gasteiger partial charge is 0.492 e. The lowest BCUT2D eigenvalue weighted by molar-refractivity contribution is 0.250. The summed E-state index contributed by atoms with van der Waals surface area (Å²) in [5.74, 6) is 1.73. The minimum absolute atomic E-state index is 0.511. The summed E-state index contributed by atoms with van der Waals surface area (Å²) < 4.78 is 7.00. The zero-order chi connectivity index (χ0) is 13.7. The van der Waals surface area contributed by atoms with Crippen LogP contribution in [0.1, 0.15) is 45.1 Å². The van der Waals surface area contributed by atoms with Crippen molar-refractivity contribution in [3.63, 3.8) is 0 Å². The van der Waals surface area contributed by atoms with Crippen LogP contribution in [0, 0.1) is 5.92 Å². The molecule has 1 aliphatic rings. The fourth-order valence-corrected chi connectivity index (χ4v) is 3.02. The molecule has 0 atom stereocenters. The van der Waals surface area contributed by atoms with E-state index in [1.54, 1.807) is 0 Å². The normalized spacial score (nSPS) is 16.2. The Balaban J connectivity index is 1.87. The van der Waals surface area contributed by atoms with Gasteiger partial charge in [0.25, 0.3) is 0 Å². The van der Waals surface area contributed by atoms with E-state index in [4.69, 9.17) is 4.74 Å². The van der Waals surface area contributed by atoms with Crippen molar-refractivity contribution in [1.29, 1.82) is 0 Å². The van der Waals surface area contributed by atoms with Crippen LogP contribution in [0.3, 0.4) is 0 Å². The molecule has 106 valence electrons. The molecule has 1 aromatic rings. The molecule has 1 saturated carbocycles. The number of hydrogen-bond donors (Lipinski definition) is 1. The molecule has 0 bridgehead atoms. The molecule has 0 radical (unpaired) electrons. The third kappa shape index (κ3) is 4.81. The van der Waals surface area contributed by atoms with Gasteiger partial charge in [-0.1, -0.05) is 32.8 Å². The van der Waals surface area contributed by atoms with Gasteiger partial charge in [-0.15, -0.1) is 0 Å². The van der Waals surface area contributed by atoms with Crippen molar-refractivity contribution in [2.24, 2.45) is 5.92 Å². The Hall–Kier alpha value is -0.540. The fraction of sp³-hybridized carbons (Fsp3) is 0.625. The molecule has 0 aromatic heterocycles. The molecule has 3 heteroatoms. The van der Waals surface area contributed by atoms with Crippen molar-refractivity contribution in [2.45, 2.75) is 52.1 Å². The van der Waals surface area contributed by atoms with Gasteiger partial charge < -0.3 is 10.1 Å². The molecule has 0 unspecified atom stereocenters. The van der Waals surface area contributed by atoms with Crippen LogP contribution in [0.25, 0.3) is 0 Å². The van der Waals surface area contributed by atoms with E-state index in [9.17, 15) is 0 Å². The Bertz CT molecular complexity index is 400. The maximum atomic E-state index is 5.93. The Kier molecular flexibility index (Phi) is 5.71. The highest BCUT2D eigenvalue weighted by Gasteiger charge is 2.16. The lowest BCUT2D eigenvalue weighted by Gasteiger charge is -2.14. The minimum atomic E-state index is 0.511. The van der Waals surface area contributed by atoms with Gasteiger partial charge in [-0.05, 0) is 52.4 Å². The SMILES string of the molecule is CC(C)NCc1ccc(OCC2CCCC2)c(Br)c1. The Morgan fingerprint density at radius 3 is 2.68 bits per heavy atom. The van der Waals surface area contributed by atoms with Crippen molar-refractivity contribution in [1.82, 2.24) is 5.32 Å². The van der Waals surface area contributed by atoms with Crippen LogP contribution in [0.5, 0.6) is 5.75 Å². The molecular formula is C16H24BrNO. The van der Waals surface area contributed by atoms with E-state index in [2.05, 4.69) is 53.3 Å². The number of nitrogens with one attached hydrogen (secondary N) is 1. The smallest absolute Gasteiger partial charge is 0.133 e. The first-order chi connectivity index (χ1) is 9.15. The summed E-state index contributed by atoms with van der Waals surface area (Å²) in [6, 6.07) is 6.89. The molecule has 2 rings (SSSR count). The van der Waals surface area contributed by atoms with Gasteiger partial charge >= 0.3 is 0 Å². The zero-order valence-corrected chi connectivity index (χ0v) is 13.5. The van der Waals surface area contributed by atoms with Crippen molar-refractivity contribution >= 4 is 15.9 Å². The molecule has 1 N–H and O–H groups in total. The van der Waals surface area contributed by atoms with Gasteiger partial charge in [0.05, 0.1) is 11.1 Å². The molecule has 2 nitrogen and oxygen atoms in total. The Morgan fingerprint density at radius 2 is 2.05 bits per heavy atom. The molecule has 0 spiro atoms. The average molecular weight is 326 g/mol. The van der Waals surface area contributed by atoms with Crippen molar-refractivity contribution in [2.75, 3.05) is 6.61 Å². The molecule has 0 saturated heterocycles. The minimum Gasteiger partial charge on any atom is -0.492 e. The number of hydrogen-bond acceptors (Lipinski definition) is 2. The van der Waals surface area contributed by atoms with E-state index < -0.39 is 0 Å². The van der Waals surface area contributed by atoms with E-state index in [1.165, 1.54) is 31.2 Å². The van der Waals surface area contributed by atoms with Crippen LogP contribution in [-0.2, 0) is 6.54 Å². The molecular weight excluding hydrogens is 302 g/mol. The van der Waals surface area contributed by atoms with Crippen molar-refractivity contribution in [3.8, 4) is 5.75 Å². The first-order valence-corrected chi connectivity index (χ1v) is 8.09. The van der Waals surface area contributed by atoms with Crippen LogP contribution in [0.2, 0.25) is 0 Å². The Labute approximate surface area is 125 Å². The van der Waals surface area contributed by atoms with Gasteiger partial charge in [0.2, 0.25) is 0 Å². The average Bonchev–Trinajstić information content (AvgIpc) is 2.88. The van der Waals surface area contributed by atoms with Gasteiger partial charge in [-0.25, -0.2) is 0 Å². The van der Waals surface area contributed by atoms with Gasteiger partial charge in [-0.2, -0.15) is 0 Å². The van der Waals surface area contributed by atoms with Crippen molar-refractivity contribution < 1.29 is 4.74 Å². The topological polar surface area (TPSA) is 21.3 Å². The highest BCUT2D eigenvalue weighted by atomic mass is 79.9. The monoisotopic (exact) mass is 325 g/mol. The summed E-state index contributed by atoms with van der Waals surface area (Å²) >= 11 is 3.61. The van der Waals surface area contributed by atoms with Crippen LogP contribution in [-0.4, -0.2) is 12.6 Å². The van der Waals surface area contributed by atoms with Crippen LogP contribution in [0.15, 0.2) is 22.7 Å². The lowest BCUT2D eigenvalue weighted by Crippen LogP contribution is -2.21. The molecule has 19 heavy (non-hydrogen) atoms. The number of benzene rings is 1. The third-order valence-electron chi connectivity index (χ3n) is 3.66. The number of rotatable bonds is 6. The van der Waals surface area contributed by atoms with Gasteiger partial charge in [0, 0.05) is 12.6 Å². The third-order valence-corrected chi connectivity index (χ3v) is 4.28. The molecule has 0 amide bonds. The summed E-state index contributed by atoms with van der Waals surface area (Å²) in [6.07, 6.45) is 5.39. The van der Waals surface area contributed by atoms with Gasteiger partial charge in [0.1, 0.15) is 5.75 Å². The zero-order valence-electron chi connectivity index (χ0n) is 11.9. The molecule has 1 aromatic carbocycles. The summed E-state index contributed by atoms with van der Waals surface area (Å²) in [5, 5.41) is 3.42. The highest BCUT2D eigenvalue weighted by molar-refractivity contribution is 9.10. The van der Waals surface area contributed by atoms with E-state index in [-0.39, 0.29) is 0 Å². The van der Waals surface area contributed by atoms with Crippen molar-refractivity contribution in [3.05, 3.63) is 28.2 Å². The number of ether oxygens (including phenoxy) is 1. The lowest BCUT2D eigenvalue weighted by atomic mass is 10.1. The van der Waals surface area contributed by atoms with E-state index >= 15 is 0 Å². The van der Waals surface area contributed by atoms with E-state index in [0.717, 1.165) is 29.3 Å². The standard InChI is InChI=1S/C16H24BrNO/c1-12(2)18-10-14-7-8-16(15(17)9-14)19-11-13-5-3-4-6-13/h7-9,12-13,18H,3-6,10-11H2,1-2H3. The quantitative estimate of drug-likeness (QED) is 0.830. The molecule has 1 aliphatic carbocycles. The van der Waals surface area contributed by atoms with Crippen LogP contribution in [0.4, 0.5) is 0 Å². The second kappa shape index (κ2) is 7.30. The predicted octanol–water partition coefficient (Wildman–Crippen LogP) is 4.52. The second-order valence-corrected chi connectivity index (χ2v) is 6.62. The van der Waals surface area contributed by atoms with Crippen LogP contribution < -0.4 is 10.1 Å². The molecule has 0 heterocycles. The first kappa shape index (κ1) is 14.9. The van der Waals surface area contributed by atoms with Crippen LogP contribution >= 0.6 is 15.9 Å². The summed E-state index contributed by atoms with van der Waals surface area (Å²) in [6.45, 7) is 6.09. The predicted molar refractivity (Wildman–Crippen MR) is 83.6 cm³/mol. The Morgan fingerprint density at radius 1 is 1.32 bits per heavy atom. The highest BCUT2D eigenvalue weighted by Crippen LogP contribution is 2.29. The fourth-order valence-electron chi connectivity index (χ4n) is 2.48. The molecule has 1 fully saturated rings. The summed E-state index contributed by atoms with van der Waals surface area (Å²) in [5.41, 5.74) is 1.29. The van der Waals surface area contributed by atoms with Gasteiger partial charge in [0.15, 0.2) is 0 Å². The maximum absolute atomic E-state index is 5.93. The van der Waals surface area contributed by atoms with Gasteiger partial charge in [-0.3, -0.25) is 0 Å². The van der Waals surface area contributed by atoms with E-state index in [1.807, 2.05) is 0 Å². The van der Waals surface area contributed by atoms with E-state index in [0.29, 0.717) is 6.04 Å². The first-order valence-electron chi connectivity index (χ1n) is 7.30. The summed E-state index contributed by atoms with van der Waals surface area (Å²) in [4.78, 5) is 0. The second-order valence-electron chi connectivity index (χ2n) is 5.76. The maximum Gasteiger partial charge on any atom is 0.133 e. The summed E-state index contributed by atoms with van der Waals surface area (Å²) in [7, 11) is 0.